The number of ether oxygens (including phenoxy) is 1. The summed E-state index contributed by atoms with van der Waals surface area (Å²) in [7, 11) is -7.31. The number of anilines is 3. The van der Waals surface area contributed by atoms with Crippen molar-refractivity contribution in [1.29, 1.82) is 0 Å². The minimum atomic E-state index is -3.71. The highest BCUT2D eigenvalue weighted by Gasteiger charge is 2.44. The van der Waals surface area contributed by atoms with Crippen LogP contribution in [0.25, 0.3) is 11.3 Å². The standard InChI is InChI=1S/C29H26ClF3N4O6S3/c1-16-24(11-26(44-16)28(38)35-20-6-18(30)7-21(9-20)36-46(3,41)42)27-25(10-22(12-34-27)37-14-29(32,33)15-37)43-13-17-4-19(31)8-23(5-17)45(2,39)40/h4-12,36H,13-15H2,1-3H3,(H,35,38). The van der Waals surface area contributed by atoms with Crippen LogP contribution in [0.1, 0.15) is 20.1 Å². The van der Waals surface area contributed by atoms with E-state index in [4.69, 9.17) is 16.3 Å². The summed E-state index contributed by atoms with van der Waals surface area (Å²) in [5.74, 6) is -4.02. The Morgan fingerprint density at radius 1 is 1.04 bits per heavy atom. The Bertz CT molecular complexity index is 2070. The number of sulfonamides is 1. The number of hydrogen-bond acceptors (Lipinski definition) is 9. The Kier molecular flexibility index (Phi) is 9.02. The van der Waals surface area contributed by atoms with Crippen LogP contribution in [-0.4, -0.2) is 59.3 Å². The van der Waals surface area contributed by atoms with Gasteiger partial charge in [-0.3, -0.25) is 14.5 Å². The Balaban J connectivity index is 1.45. The van der Waals surface area contributed by atoms with Crippen molar-refractivity contribution in [3.8, 4) is 17.0 Å². The highest BCUT2D eigenvalue weighted by Crippen LogP contribution is 2.40. The number of benzene rings is 2. The van der Waals surface area contributed by atoms with Crippen molar-refractivity contribution in [3.05, 3.63) is 80.9 Å². The van der Waals surface area contributed by atoms with E-state index in [9.17, 15) is 34.8 Å². The van der Waals surface area contributed by atoms with Crippen molar-refractivity contribution in [2.45, 2.75) is 24.3 Å². The van der Waals surface area contributed by atoms with E-state index in [-0.39, 0.29) is 49.8 Å². The fourth-order valence-corrected chi connectivity index (χ4v) is 7.04. The number of alkyl halides is 2. The van der Waals surface area contributed by atoms with Crippen LogP contribution in [-0.2, 0) is 26.5 Å². The molecular formula is C29H26ClF3N4O6S3. The third-order valence-electron chi connectivity index (χ3n) is 6.66. The molecule has 1 aliphatic heterocycles. The van der Waals surface area contributed by atoms with Crippen LogP contribution in [0.15, 0.2) is 59.6 Å². The molecule has 2 aromatic carbocycles. The molecule has 3 heterocycles. The molecular weight excluding hydrogens is 689 g/mol. The van der Waals surface area contributed by atoms with Crippen LogP contribution in [0.3, 0.4) is 0 Å². The number of amides is 1. The number of halogens is 4. The minimum Gasteiger partial charge on any atom is -0.487 e. The molecule has 244 valence electrons. The quantitative estimate of drug-likeness (QED) is 0.205. The summed E-state index contributed by atoms with van der Waals surface area (Å²) in [5, 5.41) is 2.87. The molecule has 0 radical (unpaired) electrons. The number of aryl methyl sites for hydroxylation is 1. The van der Waals surface area contributed by atoms with Crippen molar-refractivity contribution in [3.63, 3.8) is 0 Å². The van der Waals surface area contributed by atoms with Crippen LogP contribution >= 0.6 is 22.9 Å². The average molecular weight is 715 g/mol. The summed E-state index contributed by atoms with van der Waals surface area (Å²) in [6, 6.07) is 10.6. The molecule has 1 amide bonds. The molecule has 0 aliphatic carbocycles. The van der Waals surface area contributed by atoms with E-state index in [1.807, 2.05) is 0 Å². The minimum absolute atomic E-state index is 0.136. The lowest BCUT2D eigenvalue weighted by Gasteiger charge is -2.40. The fraction of sp³-hybridized carbons (Fsp3) is 0.241. The first kappa shape index (κ1) is 33.5. The van der Waals surface area contributed by atoms with Gasteiger partial charge in [0.15, 0.2) is 9.84 Å². The zero-order valence-corrected chi connectivity index (χ0v) is 27.6. The highest BCUT2D eigenvalue weighted by molar-refractivity contribution is 7.92. The number of aromatic nitrogens is 1. The van der Waals surface area contributed by atoms with Gasteiger partial charge in [0.05, 0.1) is 46.7 Å². The van der Waals surface area contributed by atoms with Crippen molar-refractivity contribution < 1.29 is 39.5 Å². The number of rotatable bonds is 10. The molecule has 0 unspecified atom stereocenters. The lowest BCUT2D eigenvalue weighted by Crippen LogP contribution is -2.56. The maximum atomic E-state index is 14.2. The molecule has 0 atom stereocenters. The molecule has 0 saturated carbocycles. The van der Waals surface area contributed by atoms with Gasteiger partial charge in [0, 0.05) is 33.5 Å². The molecule has 2 N–H and O–H groups in total. The third kappa shape index (κ3) is 8.10. The van der Waals surface area contributed by atoms with Gasteiger partial charge in [-0.25, -0.2) is 30.0 Å². The molecule has 4 aromatic rings. The summed E-state index contributed by atoms with van der Waals surface area (Å²) in [6.07, 6.45) is 3.33. The highest BCUT2D eigenvalue weighted by atomic mass is 35.5. The number of carbonyl (C=O) groups excluding carboxylic acids is 1. The van der Waals surface area contributed by atoms with Crippen LogP contribution in [0, 0.1) is 12.7 Å². The van der Waals surface area contributed by atoms with Crippen molar-refractivity contribution in [2.75, 3.05) is 40.5 Å². The van der Waals surface area contributed by atoms with E-state index in [1.165, 1.54) is 41.4 Å². The topological polar surface area (TPSA) is 135 Å². The van der Waals surface area contributed by atoms with E-state index in [1.54, 1.807) is 13.0 Å². The van der Waals surface area contributed by atoms with E-state index in [0.29, 0.717) is 16.1 Å². The summed E-state index contributed by atoms with van der Waals surface area (Å²) >= 11 is 7.25. The second-order valence-electron chi connectivity index (χ2n) is 10.7. The van der Waals surface area contributed by atoms with Gasteiger partial charge in [-0.15, -0.1) is 11.3 Å². The van der Waals surface area contributed by atoms with Gasteiger partial charge in [0.25, 0.3) is 11.8 Å². The molecule has 1 aliphatic rings. The SMILES string of the molecule is Cc1sc(C(=O)Nc2cc(Cl)cc(NS(C)(=O)=O)c2)cc1-c1ncc(N2CC(F)(F)C2)cc1OCc1cc(F)cc(S(C)(=O)=O)c1. The first-order chi connectivity index (χ1) is 21.3. The normalized spacial score (nSPS) is 14.5. The van der Waals surface area contributed by atoms with Crippen molar-refractivity contribution >= 4 is 65.8 Å². The summed E-state index contributed by atoms with van der Waals surface area (Å²) < 4.78 is 97.1. The monoisotopic (exact) mass is 714 g/mol. The lowest BCUT2D eigenvalue weighted by atomic mass is 10.1. The smallest absolute Gasteiger partial charge is 0.282 e. The molecule has 2 aromatic heterocycles. The Labute approximate surface area is 272 Å². The summed E-state index contributed by atoms with van der Waals surface area (Å²) in [6.45, 7) is 0.442. The Hall–Kier alpha value is -3.86. The van der Waals surface area contributed by atoms with E-state index in [2.05, 4.69) is 15.0 Å². The number of sulfone groups is 1. The van der Waals surface area contributed by atoms with Crippen LogP contribution in [0.4, 0.5) is 30.2 Å². The maximum Gasteiger partial charge on any atom is 0.282 e. The first-order valence-corrected chi connectivity index (χ1v) is 18.3. The molecule has 0 bridgehead atoms. The number of nitrogens with zero attached hydrogens (tertiary/aromatic N) is 2. The number of carbonyl (C=O) groups is 1. The van der Waals surface area contributed by atoms with E-state index >= 15 is 0 Å². The molecule has 1 fully saturated rings. The van der Waals surface area contributed by atoms with E-state index in [0.717, 1.165) is 36.0 Å². The van der Waals surface area contributed by atoms with Gasteiger partial charge in [-0.05, 0) is 55.0 Å². The number of hydrogen-bond donors (Lipinski definition) is 2. The molecule has 0 spiro atoms. The number of pyridine rings is 1. The first-order valence-electron chi connectivity index (χ1n) is 13.3. The Morgan fingerprint density at radius 2 is 1.74 bits per heavy atom. The van der Waals surface area contributed by atoms with Gasteiger partial charge < -0.3 is 15.0 Å². The van der Waals surface area contributed by atoms with Gasteiger partial charge in [-0.1, -0.05) is 11.6 Å². The number of thiophene rings is 1. The third-order valence-corrected chi connectivity index (χ3v) is 9.62. The zero-order chi connectivity index (χ0) is 33.6. The largest absolute Gasteiger partial charge is 0.487 e. The second kappa shape index (κ2) is 12.4. The van der Waals surface area contributed by atoms with Crippen molar-refractivity contribution in [2.24, 2.45) is 0 Å². The van der Waals surface area contributed by atoms with Gasteiger partial charge in [-0.2, -0.15) is 0 Å². The second-order valence-corrected chi connectivity index (χ2v) is 16.2. The summed E-state index contributed by atoms with van der Waals surface area (Å²) in [5.41, 5.74) is 1.71. The molecule has 5 rings (SSSR count). The fourth-order valence-electron chi connectivity index (χ4n) is 4.65. The van der Waals surface area contributed by atoms with Crippen LogP contribution in [0.5, 0.6) is 5.75 Å². The number of nitrogens with one attached hydrogen (secondary N) is 2. The van der Waals surface area contributed by atoms with Gasteiger partial charge in [0.1, 0.15) is 23.9 Å². The average Bonchev–Trinajstić information content (AvgIpc) is 3.29. The summed E-state index contributed by atoms with van der Waals surface area (Å²) in [4.78, 5) is 19.8. The van der Waals surface area contributed by atoms with Crippen LogP contribution in [0.2, 0.25) is 5.02 Å². The molecule has 46 heavy (non-hydrogen) atoms. The zero-order valence-electron chi connectivity index (χ0n) is 24.4. The Morgan fingerprint density at radius 3 is 2.39 bits per heavy atom. The van der Waals surface area contributed by atoms with Gasteiger partial charge in [0.2, 0.25) is 10.0 Å². The van der Waals surface area contributed by atoms with Gasteiger partial charge >= 0.3 is 0 Å². The van der Waals surface area contributed by atoms with Crippen LogP contribution < -0.4 is 19.7 Å². The van der Waals surface area contributed by atoms with E-state index < -0.39 is 50.6 Å². The molecule has 10 nitrogen and oxygen atoms in total. The molecule has 17 heteroatoms. The van der Waals surface area contributed by atoms with Crippen molar-refractivity contribution in [1.82, 2.24) is 4.98 Å². The predicted molar refractivity (Wildman–Crippen MR) is 171 cm³/mol. The maximum absolute atomic E-state index is 14.2. The lowest BCUT2D eigenvalue weighted by molar-refractivity contribution is -0.0263. The molecule has 1 saturated heterocycles. The predicted octanol–water partition coefficient (Wildman–Crippen LogP) is 5.97.